The van der Waals surface area contributed by atoms with Gasteiger partial charge in [-0.15, -0.1) is 0 Å². The van der Waals surface area contributed by atoms with Crippen LogP contribution < -0.4 is 9.47 Å². The Balaban J connectivity index is 1.85. The highest BCUT2D eigenvalue weighted by molar-refractivity contribution is 5.93. The Morgan fingerprint density at radius 2 is 1.14 bits per heavy atom. The van der Waals surface area contributed by atoms with Gasteiger partial charge in [0.25, 0.3) is 0 Å². The van der Waals surface area contributed by atoms with Crippen molar-refractivity contribution in [2.45, 2.75) is 12.8 Å². The standard InChI is InChI=1S/C20H18O8/c21-11-13-3-5-17(15(9-13)19(23)24)27-7-1-2-8-28-18-6-4-14(12-22)10-16(18)20(25)26/h3-6,9-12H,1-2,7-8H2,(H,23,24)(H,25,26). The Hall–Kier alpha value is -3.68. The molecule has 8 heteroatoms. The van der Waals surface area contributed by atoms with E-state index >= 15 is 0 Å². The van der Waals surface area contributed by atoms with Gasteiger partial charge < -0.3 is 19.7 Å². The molecule has 0 atom stereocenters. The van der Waals surface area contributed by atoms with Gasteiger partial charge in [0.15, 0.2) is 0 Å². The minimum atomic E-state index is -1.19. The van der Waals surface area contributed by atoms with Crippen LogP contribution in [0.3, 0.4) is 0 Å². The normalized spacial score (nSPS) is 10.1. The SMILES string of the molecule is O=Cc1ccc(OCCCCOc2ccc(C=O)cc2C(=O)O)c(C(=O)O)c1. The summed E-state index contributed by atoms with van der Waals surface area (Å²) in [6.07, 6.45) is 2.17. The van der Waals surface area contributed by atoms with E-state index in [0.717, 1.165) is 0 Å². The molecule has 0 aliphatic heterocycles. The summed E-state index contributed by atoms with van der Waals surface area (Å²) >= 11 is 0. The van der Waals surface area contributed by atoms with E-state index in [-0.39, 0.29) is 47.0 Å². The predicted octanol–water partition coefficient (Wildman–Crippen LogP) is 2.95. The largest absolute Gasteiger partial charge is 0.493 e. The second-order valence-corrected chi connectivity index (χ2v) is 5.76. The van der Waals surface area contributed by atoms with E-state index < -0.39 is 11.9 Å². The molecule has 0 spiro atoms. The number of carbonyl (C=O) groups excluding carboxylic acids is 2. The number of benzene rings is 2. The zero-order valence-corrected chi connectivity index (χ0v) is 14.8. The number of rotatable bonds is 11. The topological polar surface area (TPSA) is 127 Å². The van der Waals surface area contributed by atoms with Crippen molar-refractivity contribution in [3.63, 3.8) is 0 Å². The highest BCUT2D eigenvalue weighted by Crippen LogP contribution is 2.21. The van der Waals surface area contributed by atoms with E-state index in [1.165, 1.54) is 36.4 Å². The van der Waals surface area contributed by atoms with Crippen molar-refractivity contribution < 1.29 is 38.9 Å². The Morgan fingerprint density at radius 1 is 0.750 bits per heavy atom. The maximum atomic E-state index is 11.2. The number of hydrogen-bond acceptors (Lipinski definition) is 6. The first-order chi connectivity index (χ1) is 13.5. The lowest BCUT2D eigenvalue weighted by Crippen LogP contribution is -2.08. The van der Waals surface area contributed by atoms with Crippen LogP contribution in [0.2, 0.25) is 0 Å². The number of aldehydes is 2. The average Bonchev–Trinajstić information content (AvgIpc) is 2.70. The van der Waals surface area contributed by atoms with Crippen molar-refractivity contribution in [3.8, 4) is 11.5 Å². The summed E-state index contributed by atoms with van der Waals surface area (Å²) < 4.78 is 10.9. The molecule has 2 rings (SSSR count). The molecule has 0 amide bonds. The van der Waals surface area contributed by atoms with Crippen LogP contribution in [0.4, 0.5) is 0 Å². The van der Waals surface area contributed by atoms with Crippen LogP contribution in [0.15, 0.2) is 36.4 Å². The van der Waals surface area contributed by atoms with E-state index in [4.69, 9.17) is 9.47 Å². The molecule has 0 fully saturated rings. The van der Waals surface area contributed by atoms with E-state index in [1.807, 2.05) is 0 Å². The molecule has 146 valence electrons. The fourth-order valence-electron chi connectivity index (χ4n) is 2.40. The smallest absolute Gasteiger partial charge is 0.339 e. The maximum absolute atomic E-state index is 11.2. The first-order valence-electron chi connectivity index (χ1n) is 8.37. The highest BCUT2D eigenvalue weighted by Gasteiger charge is 2.13. The van der Waals surface area contributed by atoms with Crippen molar-refractivity contribution in [1.29, 1.82) is 0 Å². The Labute approximate surface area is 160 Å². The number of aromatic carboxylic acids is 2. The molecule has 0 heterocycles. The van der Waals surface area contributed by atoms with Gasteiger partial charge in [-0.2, -0.15) is 0 Å². The first-order valence-corrected chi connectivity index (χ1v) is 8.37. The zero-order chi connectivity index (χ0) is 20.5. The third-order valence-corrected chi connectivity index (χ3v) is 3.79. The van der Waals surface area contributed by atoms with Crippen molar-refractivity contribution in [2.24, 2.45) is 0 Å². The third kappa shape index (κ3) is 5.41. The summed E-state index contributed by atoms with van der Waals surface area (Å²) in [7, 11) is 0. The molecule has 0 aromatic heterocycles. The van der Waals surface area contributed by atoms with Crippen LogP contribution >= 0.6 is 0 Å². The highest BCUT2D eigenvalue weighted by atomic mass is 16.5. The molecule has 2 aromatic carbocycles. The molecule has 2 aromatic rings. The molecular formula is C20H18O8. The van der Waals surface area contributed by atoms with Gasteiger partial charge in [-0.25, -0.2) is 9.59 Å². The lowest BCUT2D eigenvalue weighted by Gasteiger charge is -2.11. The summed E-state index contributed by atoms with van der Waals surface area (Å²) in [5.74, 6) is -2.06. The molecule has 0 saturated heterocycles. The maximum Gasteiger partial charge on any atom is 0.339 e. The molecule has 0 radical (unpaired) electrons. The lowest BCUT2D eigenvalue weighted by molar-refractivity contribution is 0.0680. The fourth-order valence-corrected chi connectivity index (χ4v) is 2.40. The van der Waals surface area contributed by atoms with E-state index in [9.17, 15) is 29.4 Å². The fraction of sp³-hybridized carbons (Fsp3) is 0.200. The van der Waals surface area contributed by atoms with Crippen LogP contribution in [0.25, 0.3) is 0 Å². The molecule has 0 unspecified atom stereocenters. The summed E-state index contributed by atoms with van der Waals surface area (Å²) in [6, 6.07) is 8.27. The zero-order valence-electron chi connectivity index (χ0n) is 14.8. The number of hydrogen-bond donors (Lipinski definition) is 2. The minimum Gasteiger partial charge on any atom is -0.493 e. The van der Waals surface area contributed by atoms with Crippen molar-refractivity contribution in [1.82, 2.24) is 0 Å². The molecule has 0 aliphatic carbocycles. The van der Waals surface area contributed by atoms with Crippen LogP contribution in [-0.2, 0) is 0 Å². The number of carboxylic acids is 2. The van der Waals surface area contributed by atoms with E-state index in [0.29, 0.717) is 25.4 Å². The average molecular weight is 386 g/mol. The Kier molecular flexibility index (Phi) is 7.27. The second-order valence-electron chi connectivity index (χ2n) is 5.76. The third-order valence-electron chi connectivity index (χ3n) is 3.79. The van der Waals surface area contributed by atoms with Gasteiger partial charge in [-0.3, -0.25) is 9.59 Å². The molecule has 28 heavy (non-hydrogen) atoms. The molecule has 0 saturated carbocycles. The van der Waals surface area contributed by atoms with Gasteiger partial charge in [-0.05, 0) is 49.2 Å². The van der Waals surface area contributed by atoms with Gasteiger partial charge >= 0.3 is 11.9 Å². The van der Waals surface area contributed by atoms with E-state index in [2.05, 4.69) is 0 Å². The summed E-state index contributed by atoms with van der Waals surface area (Å²) in [5, 5.41) is 18.3. The van der Waals surface area contributed by atoms with Crippen molar-refractivity contribution in [3.05, 3.63) is 58.7 Å². The molecule has 0 aliphatic rings. The molecular weight excluding hydrogens is 368 g/mol. The molecule has 0 bridgehead atoms. The number of unbranched alkanes of at least 4 members (excludes halogenated alkanes) is 1. The van der Waals surface area contributed by atoms with Gasteiger partial charge in [-0.1, -0.05) is 0 Å². The first kappa shape index (κ1) is 20.6. The quantitative estimate of drug-likeness (QED) is 0.446. The molecule has 8 nitrogen and oxygen atoms in total. The minimum absolute atomic E-state index is 0.0952. The van der Waals surface area contributed by atoms with Gasteiger partial charge in [0, 0.05) is 11.1 Å². The predicted molar refractivity (Wildman–Crippen MR) is 97.8 cm³/mol. The summed E-state index contributed by atoms with van der Waals surface area (Å²) in [6.45, 7) is 0.444. The van der Waals surface area contributed by atoms with E-state index in [1.54, 1.807) is 0 Å². The number of ether oxygens (including phenoxy) is 2. The van der Waals surface area contributed by atoms with Crippen LogP contribution in [0.1, 0.15) is 54.3 Å². The molecule has 2 N–H and O–H groups in total. The summed E-state index contributed by atoms with van der Waals surface area (Å²) in [5.41, 5.74) is 0.297. The van der Waals surface area contributed by atoms with Crippen LogP contribution in [0, 0.1) is 0 Å². The van der Waals surface area contributed by atoms with Crippen LogP contribution in [-0.4, -0.2) is 47.9 Å². The Morgan fingerprint density at radius 3 is 1.46 bits per heavy atom. The van der Waals surface area contributed by atoms with Gasteiger partial charge in [0.1, 0.15) is 35.2 Å². The monoisotopic (exact) mass is 386 g/mol. The Bertz CT molecular complexity index is 814. The summed E-state index contributed by atoms with van der Waals surface area (Å²) in [4.78, 5) is 43.9. The number of carbonyl (C=O) groups is 4. The van der Waals surface area contributed by atoms with Crippen LogP contribution in [0.5, 0.6) is 11.5 Å². The van der Waals surface area contributed by atoms with Gasteiger partial charge in [0.2, 0.25) is 0 Å². The lowest BCUT2D eigenvalue weighted by atomic mass is 10.1. The van der Waals surface area contributed by atoms with Crippen molar-refractivity contribution in [2.75, 3.05) is 13.2 Å². The van der Waals surface area contributed by atoms with Crippen molar-refractivity contribution >= 4 is 24.5 Å². The second kappa shape index (κ2) is 9.86. The van der Waals surface area contributed by atoms with Gasteiger partial charge in [0.05, 0.1) is 13.2 Å². The number of carboxylic acid groups (broad SMARTS) is 2.